The number of rotatable bonds is 6. The Bertz CT molecular complexity index is 558. The van der Waals surface area contributed by atoms with Gasteiger partial charge in [0.1, 0.15) is 5.76 Å². The topological polar surface area (TPSA) is 62.5 Å². The highest BCUT2D eigenvalue weighted by Gasteiger charge is 2.11. The Morgan fingerprint density at radius 3 is 2.52 bits per heavy atom. The molecule has 0 saturated carbocycles. The monoisotopic (exact) mass is 287 g/mol. The van der Waals surface area contributed by atoms with Gasteiger partial charge in [-0.25, -0.2) is 0 Å². The molecule has 0 aliphatic rings. The van der Waals surface area contributed by atoms with Crippen LogP contribution in [0, 0.1) is 5.92 Å². The molecule has 0 bridgehead atoms. The number of amides is 1. The van der Waals surface area contributed by atoms with E-state index in [0.29, 0.717) is 12.3 Å². The fourth-order valence-electron chi connectivity index (χ4n) is 2.08. The lowest BCUT2D eigenvalue weighted by molar-refractivity contribution is -0.122. The van der Waals surface area contributed by atoms with Crippen molar-refractivity contribution in [2.45, 2.75) is 26.4 Å². The summed E-state index contributed by atoms with van der Waals surface area (Å²) in [5.74, 6) is 1.08. The molecule has 1 aromatic heterocycles. The zero-order chi connectivity index (χ0) is 15.2. The molecular formula is C17H21NO3. The van der Waals surface area contributed by atoms with E-state index in [1.165, 1.54) is 0 Å². The third kappa shape index (κ3) is 4.46. The van der Waals surface area contributed by atoms with Crippen molar-refractivity contribution in [1.29, 1.82) is 0 Å². The highest BCUT2D eigenvalue weighted by molar-refractivity contribution is 5.76. The largest absolute Gasteiger partial charge is 0.464 e. The maximum Gasteiger partial charge on any atom is 0.220 e. The van der Waals surface area contributed by atoms with Gasteiger partial charge in [0.2, 0.25) is 5.91 Å². The van der Waals surface area contributed by atoms with Crippen LogP contribution in [0.4, 0.5) is 0 Å². The second-order valence-corrected chi connectivity index (χ2v) is 5.52. The van der Waals surface area contributed by atoms with Gasteiger partial charge in [0.15, 0.2) is 0 Å². The zero-order valence-electron chi connectivity index (χ0n) is 12.4. The van der Waals surface area contributed by atoms with Crippen LogP contribution < -0.4 is 5.32 Å². The van der Waals surface area contributed by atoms with Crippen molar-refractivity contribution in [2.24, 2.45) is 5.92 Å². The fourth-order valence-corrected chi connectivity index (χ4v) is 2.08. The fraction of sp³-hybridized carbons (Fsp3) is 0.353. The zero-order valence-corrected chi connectivity index (χ0v) is 12.4. The maximum absolute atomic E-state index is 11.6. The quantitative estimate of drug-likeness (QED) is 0.858. The highest BCUT2D eigenvalue weighted by atomic mass is 16.3. The van der Waals surface area contributed by atoms with Crippen LogP contribution in [-0.4, -0.2) is 17.6 Å². The van der Waals surface area contributed by atoms with E-state index in [-0.39, 0.29) is 12.5 Å². The number of hydrogen-bond acceptors (Lipinski definition) is 3. The number of aliphatic hydroxyl groups is 1. The molecule has 0 aliphatic heterocycles. The summed E-state index contributed by atoms with van der Waals surface area (Å²) in [6.45, 7) is 4.21. The molecule has 0 spiro atoms. The first-order chi connectivity index (χ1) is 10.1. The third-order valence-corrected chi connectivity index (χ3v) is 3.19. The molecule has 0 radical (unpaired) electrons. The van der Waals surface area contributed by atoms with Crippen LogP contribution >= 0.6 is 0 Å². The molecule has 1 atom stereocenters. The minimum absolute atomic E-state index is 0.0312. The van der Waals surface area contributed by atoms with Crippen LogP contribution in [0.25, 0.3) is 11.3 Å². The van der Waals surface area contributed by atoms with Gasteiger partial charge in [-0.05, 0) is 23.6 Å². The van der Waals surface area contributed by atoms with Crippen LogP contribution in [0.3, 0.4) is 0 Å². The smallest absolute Gasteiger partial charge is 0.220 e. The molecule has 21 heavy (non-hydrogen) atoms. The number of carbonyl (C=O) groups excluding carboxylic acids is 1. The van der Waals surface area contributed by atoms with Crippen LogP contribution in [0.5, 0.6) is 0 Å². The molecule has 2 aromatic rings. The number of hydrogen-bond donors (Lipinski definition) is 2. The molecule has 4 heteroatoms. The van der Waals surface area contributed by atoms with E-state index in [0.717, 1.165) is 16.9 Å². The van der Waals surface area contributed by atoms with Crippen LogP contribution in [0.2, 0.25) is 0 Å². The molecule has 2 rings (SSSR count). The second kappa shape index (κ2) is 7.09. The average molecular weight is 287 g/mol. The van der Waals surface area contributed by atoms with Gasteiger partial charge in [0.25, 0.3) is 0 Å². The van der Waals surface area contributed by atoms with E-state index in [1.54, 1.807) is 6.26 Å². The molecule has 0 fully saturated rings. The van der Waals surface area contributed by atoms with E-state index < -0.39 is 6.10 Å². The highest BCUT2D eigenvalue weighted by Crippen LogP contribution is 2.22. The summed E-state index contributed by atoms with van der Waals surface area (Å²) in [7, 11) is 0. The van der Waals surface area contributed by atoms with Crippen molar-refractivity contribution in [3.05, 3.63) is 48.2 Å². The Hall–Kier alpha value is -2.07. The van der Waals surface area contributed by atoms with Crippen molar-refractivity contribution in [3.63, 3.8) is 0 Å². The third-order valence-electron chi connectivity index (χ3n) is 3.19. The molecule has 0 aliphatic carbocycles. The summed E-state index contributed by atoms with van der Waals surface area (Å²) in [6, 6.07) is 11.2. The van der Waals surface area contributed by atoms with Crippen molar-refractivity contribution in [1.82, 2.24) is 5.32 Å². The molecule has 1 amide bonds. The van der Waals surface area contributed by atoms with Gasteiger partial charge in [0.05, 0.1) is 12.4 Å². The standard InChI is InChI=1S/C17H21NO3/c1-12(2)10-17(20)18-11-15(19)13-5-7-14(8-6-13)16-4-3-9-21-16/h3-9,12,15,19H,10-11H2,1-2H3,(H,18,20)/t15-/m1/s1. The Morgan fingerprint density at radius 2 is 1.95 bits per heavy atom. The van der Waals surface area contributed by atoms with E-state index in [2.05, 4.69) is 5.32 Å². The molecule has 2 N–H and O–H groups in total. The van der Waals surface area contributed by atoms with Crippen LogP contribution in [0.15, 0.2) is 47.1 Å². The average Bonchev–Trinajstić information content (AvgIpc) is 2.98. The molecule has 0 unspecified atom stereocenters. The van der Waals surface area contributed by atoms with E-state index >= 15 is 0 Å². The number of furan rings is 1. The molecule has 0 saturated heterocycles. The summed E-state index contributed by atoms with van der Waals surface area (Å²) in [5.41, 5.74) is 1.73. The summed E-state index contributed by atoms with van der Waals surface area (Å²) in [4.78, 5) is 11.6. The number of nitrogens with one attached hydrogen (secondary N) is 1. The summed E-state index contributed by atoms with van der Waals surface area (Å²) >= 11 is 0. The molecular weight excluding hydrogens is 266 g/mol. The second-order valence-electron chi connectivity index (χ2n) is 5.52. The maximum atomic E-state index is 11.6. The molecule has 1 aromatic carbocycles. The molecule has 1 heterocycles. The van der Waals surface area contributed by atoms with Crippen molar-refractivity contribution >= 4 is 5.91 Å². The van der Waals surface area contributed by atoms with Crippen LogP contribution in [-0.2, 0) is 4.79 Å². The lowest BCUT2D eigenvalue weighted by Gasteiger charge is -2.13. The number of carbonyl (C=O) groups is 1. The van der Waals surface area contributed by atoms with Crippen molar-refractivity contribution in [3.8, 4) is 11.3 Å². The number of aliphatic hydroxyl groups excluding tert-OH is 1. The summed E-state index contributed by atoms with van der Waals surface area (Å²) < 4.78 is 5.32. The Labute approximate surface area is 124 Å². The Balaban J connectivity index is 1.91. The van der Waals surface area contributed by atoms with Crippen molar-refractivity contribution < 1.29 is 14.3 Å². The lowest BCUT2D eigenvalue weighted by atomic mass is 10.1. The summed E-state index contributed by atoms with van der Waals surface area (Å²) in [5, 5.41) is 12.8. The Kier molecular flexibility index (Phi) is 5.17. The van der Waals surface area contributed by atoms with Gasteiger partial charge >= 0.3 is 0 Å². The predicted octanol–water partition coefficient (Wildman–Crippen LogP) is 3.14. The van der Waals surface area contributed by atoms with Crippen LogP contribution in [0.1, 0.15) is 31.9 Å². The first-order valence-corrected chi connectivity index (χ1v) is 7.15. The minimum Gasteiger partial charge on any atom is -0.464 e. The van der Waals surface area contributed by atoms with Gasteiger partial charge in [0, 0.05) is 18.5 Å². The van der Waals surface area contributed by atoms with Gasteiger partial charge in [-0.1, -0.05) is 38.1 Å². The van der Waals surface area contributed by atoms with Gasteiger partial charge in [-0.15, -0.1) is 0 Å². The SMILES string of the molecule is CC(C)CC(=O)NC[C@@H](O)c1ccc(-c2ccco2)cc1. The predicted molar refractivity (Wildman–Crippen MR) is 81.6 cm³/mol. The van der Waals surface area contributed by atoms with Crippen molar-refractivity contribution in [2.75, 3.05) is 6.54 Å². The van der Waals surface area contributed by atoms with Gasteiger partial charge < -0.3 is 14.8 Å². The Morgan fingerprint density at radius 1 is 1.24 bits per heavy atom. The summed E-state index contributed by atoms with van der Waals surface area (Å²) in [6.07, 6.45) is 1.40. The normalized spacial score (nSPS) is 12.4. The van der Waals surface area contributed by atoms with Gasteiger partial charge in [-0.2, -0.15) is 0 Å². The van der Waals surface area contributed by atoms with Gasteiger partial charge in [-0.3, -0.25) is 4.79 Å². The first-order valence-electron chi connectivity index (χ1n) is 7.15. The number of benzene rings is 1. The molecule has 112 valence electrons. The van der Waals surface area contributed by atoms with E-state index in [1.807, 2.05) is 50.2 Å². The van der Waals surface area contributed by atoms with E-state index in [9.17, 15) is 9.90 Å². The lowest BCUT2D eigenvalue weighted by Crippen LogP contribution is -2.29. The minimum atomic E-state index is -0.702. The van der Waals surface area contributed by atoms with E-state index in [4.69, 9.17) is 4.42 Å². The first kappa shape index (κ1) is 15.3. The molecule has 4 nitrogen and oxygen atoms in total.